The smallest absolute Gasteiger partial charge is 0.342 e. The third kappa shape index (κ3) is 2.35. The first-order valence-corrected chi connectivity index (χ1v) is 7.13. The summed E-state index contributed by atoms with van der Waals surface area (Å²) < 4.78 is 6.60. The van der Waals surface area contributed by atoms with Crippen LogP contribution in [-0.4, -0.2) is 26.9 Å². The summed E-state index contributed by atoms with van der Waals surface area (Å²) in [6, 6.07) is 9.32. The molecule has 2 heterocycles. The molecular weight excluding hydrogens is 302 g/mol. The van der Waals surface area contributed by atoms with E-state index in [0.717, 1.165) is 5.56 Å². The Kier molecular flexibility index (Phi) is 3.64. The van der Waals surface area contributed by atoms with Gasteiger partial charge in [0.05, 0.1) is 6.61 Å². The summed E-state index contributed by atoms with van der Waals surface area (Å²) in [5.74, 6) is -0.500. The maximum Gasteiger partial charge on any atom is 0.342 e. The Morgan fingerprint density at radius 3 is 2.68 bits per heavy atom. The first-order chi connectivity index (χ1) is 10.6. The van der Waals surface area contributed by atoms with E-state index in [0.29, 0.717) is 16.8 Å². The average Bonchev–Trinajstić information content (AvgIpc) is 2.88. The molecule has 0 unspecified atom stereocenters. The lowest BCUT2D eigenvalue weighted by Crippen LogP contribution is -2.17. The van der Waals surface area contributed by atoms with Gasteiger partial charge in [0.25, 0.3) is 0 Å². The molecule has 0 radical (unpaired) electrons. The Morgan fingerprint density at radius 1 is 1.27 bits per heavy atom. The molecule has 2 aromatic heterocycles. The van der Waals surface area contributed by atoms with Crippen molar-refractivity contribution in [2.45, 2.75) is 6.92 Å². The van der Waals surface area contributed by atoms with Crippen molar-refractivity contribution in [1.29, 1.82) is 0 Å². The number of hydrogen-bond donors (Lipinski definition) is 2. The molecule has 6 nitrogen and oxygen atoms in total. The molecule has 0 saturated heterocycles. The number of carbonyl (C=O) groups excluding carboxylic acids is 1. The maximum absolute atomic E-state index is 12.3. The van der Waals surface area contributed by atoms with Crippen molar-refractivity contribution in [3.8, 4) is 11.1 Å². The number of benzene rings is 1. The van der Waals surface area contributed by atoms with Gasteiger partial charge in [-0.05, 0) is 24.7 Å². The summed E-state index contributed by atoms with van der Waals surface area (Å²) in [4.78, 5) is 29.7. The largest absolute Gasteiger partial charge is 0.462 e. The molecule has 0 saturated carbocycles. The fraction of sp³-hybridized carbons (Fsp3) is 0.133. The lowest BCUT2D eigenvalue weighted by atomic mass is 10.0. The van der Waals surface area contributed by atoms with Crippen LogP contribution in [0.4, 0.5) is 0 Å². The van der Waals surface area contributed by atoms with E-state index < -0.39 is 11.7 Å². The third-order valence-corrected chi connectivity index (χ3v) is 3.44. The number of nitrogens with zero attached hydrogens (tertiary/aromatic N) is 1. The highest BCUT2D eigenvalue weighted by Crippen LogP contribution is 2.27. The van der Waals surface area contributed by atoms with Crippen LogP contribution < -0.4 is 5.69 Å². The van der Waals surface area contributed by atoms with Crippen LogP contribution in [0.5, 0.6) is 0 Å². The lowest BCUT2D eigenvalue weighted by Gasteiger charge is -2.04. The molecule has 0 aliphatic rings. The van der Waals surface area contributed by atoms with Crippen molar-refractivity contribution in [3.05, 3.63) is 57.3 Å². The first kappa shape index (κ1) is 14.3. The number of hydrogen-bond acceptors (Lipinski definition) is 4. The van der Waals surface area contributed by atoms with E-state index in [1.807, 2.05) is 30.3 Å². The minimum Gasteiger partial charge on any atom is -0.462 e. The van der Waals surface area contributed by atoms with Gasteiger partial charge in [0.15, 0.2) is 4.77 Å². The molecule has 0 fully saturated rings. The van der Waals surface area contributed by atoms with Gasteiger partial charge in [0.2, 0.25) is 0 Å². The van der Waals surface area contributed by atoms with Gasteiger partial charge in [-0.1, -0.05) is 30.3 Å². The maximum atomic E-state index is 12.3. The van der Waals surface area contributed by atoms with Crippen LogP contribution in [0.25, 0.3) is 16.8 Å². The van der Waals surface area contributed by atoms with Gasteiger partial charge in [0.1, 0.15) is 11.2 Å². The molecule has 0 atom stereocenters. The Morgan fingerprint density at radius 2 is 2.00 bits per heavy atom. The highest BCUT2D eigenvalue weighted by molar-refractivity contribution is 7.71. The van der Waals surface area contributed by atoms with Crippen molar-refractivity contribution < 1.29 is 9.53 Å². The molecule has 3 rings (SSSR count). The van der Waals surface area contributed by atoms with E-state index in [2.05, 4.69) is 9.97 Å². The van der Waals surface area contributed by atoms with Crippen LogP contribution in [0.15, 0.2) is 41.3 Å². The quantitative estimate of drug-likeness (QED) is 0.575. The summed E-state index contributed by atoms with van der Waals surface area (Å²) in [5.41, 5.74) is 1.64. The van der Waals surface area contributed by atoms with Crippen LogP contribution in [0.1, 0.15) is 17.3 Å². The molecule has 0 amide bonds. The number of esters is 1. The Hall–Kier alpha value is -2.67. The summed E-state index contributed by atoms with van der Waals surface area (Å²) in [5, 5.41) is 0. The number of ether oxygens (including phenoxy) is 1. The Bertz CT molecular complexity index is 954. The van der Waals surface area contributed by atoms with Crippen LogP contribution in [-0.2, 0) is 4.74 Å². The molecule has 2 N–H and O–H groups in total. The number of fused-ring (bicyclic) bond motifs is 1. The van der Waals surface area contributed by atoms with E-state index in [1.54, 1.807) is 13.1 Å². The van der Waals surface area contributed by atoms with E-state index in [1.165, 1.54) is 4.40 Å². The molecule has 112 valence electrons. The van der Waals surface area contributed by atoms with Gasteiger partial charge in [-0.15, -0.1) is 0 Å². The lowest BCUT2D eigenvalue weighted by molar-refractivity contribution is 0.0529. The van der Waals surface area contributed by atoms with Crippen LogP contribution in [0.3, 0.4) is 0 Å². The fourth-order valence-electron chi connectivity index (χ4n) is 2.33. The Balaban J connectivity index is 2.39. The number of aromatic amines is 2. The second-order valence-electron chi connectivity index (χ2n) is 4.61. The van der Waals surface area contributed by atoms with Crippen molar-refractivity contribution >= 4 is 23.8 Å². The van der Waals surface area contributed by atoms with Gasteiger partial charge < -0.3 is 9.72 Å². The number of rotatable bonds is 3. The third-order valence-electron chi connectivity index (χ3n) is 3.24. The zero-order valence-electron chi connectivity index (χ0n) is 11.8. The second-order valence-corrected chi connectivity index (χ2v) is 5.02. The SMILES string of the molecule is CCOC(=O)c1c(-c2ccccc2)cn2c(=O)[nH]c(=S)[nH]c12. The van der Waals surface area contributed by atoms with E-state index >= 15 is 0 Å². The van der Waals surface area contributed by atoms with Gasteiger partial charge in [-0.2, -0.15) is 0 Å². The molecule has 22 heavy (non-hydrogen) atoms. The predicted octanol–water partition coefficient (Wildman–Crippen LogP) is 2.53. The molecular formula is C15H13N3O3S. The molecule has 0 aliphatic heterocycles. The van der Waals surface area contributed by atoms with Crippen LogP contribution >= 0.6 is 12.2 Å². The monoisotopic (exact) mass is 315 g/mol. The Labute approximate surface area is 130 Å². The number of H-pyrrole nitrogens is 2. The topological polar surface area (TPSA) is 79.4 Å². The second kappa shape index (κ2) is 5.61. The summed E-state index contributed by atoms with van der Waals surface area (Å²) in [7, 11) is 0. The van der Waals surface area contributed by atoms with Crippen molar-refractivity contribution in [2.75, 3.05) is 6.61 Å². The van der Waals surface area contributed by atoms with Crippen LogP contribution in [0.2, 0.25) is 0 Å². The molecule has 7 heteroatoms. The highest BCUT2D eigenvalue weighted by atomic mass is 32.1. The molecule has 0 spiro atoms. The first-order valence-electron chi connectivity index (χ1n) is 6.72. The van der Waals surface area contributed by atoms with Crippen molar-refractivity contribution in [2.24, 2.45) is 0 Å². The van der Waals surface area contributed by atoms with Gasteiger partial charge >= 0.3 is 11.7 Å². The highest BCUT2D eigenvalue weighted by Gasteiger charge is 2.21. The normalized spacial score (nSPS) is 10.8. The van der Waals surface area contributed by atoms with Crippen molar-refractivity contribution in [3.63, 3.8) is 0 Å². The molecule has 3 aromatic rings. The van der Waals surface area contributed by atoms with Crippen LogP contribution in [0, 0.1) is 4.77 Å². The van der Waals surface area contributed by atoms with E-state index in [9.17, 15) is 9.59 Å². The average molecular weight is 315 g/mol. The van der Waals surface area contributed by atoms with Gasteiger partial charge in [-0.3, -0.25) is 9.38 Å². The van der Waals surface area contributed by atoms with E-state index in [-0.39, 0.29) is 11.4 Å². The summed E-state index contributed by atoms with van der Waals surface area (Å²) in [6.07, 6.45) is 1.60. The summed E-state index contributed by atoms with van der Waals surface area (Å²) >= 11 is 4.99. The zero-order chi connectivity index (χ0) is 15.7. The van der Waals surface area contributed by atoms with E-state index in [4.69, 9.17) is 17.0 Å². The van der Waals surface area contributed by atoms with Gasteiger partial charge in [0, 0.05) is 11.8 Å². The molecule has 0 aliphatic carbocycles. The summed E-state index contributed by atoms with van der Waals surface area (Å²) in [6.45, 7) is 1.97. The number of aromatic nitrogens is 3. The fourth-order valence-corrected chi connectivity index (χ4v) is 2.52. The number of carbonyl (C=O) groups is 1. The molecule has 1 aromatic carbocycles. The molecule has 0 bridgehead atoms. The zero-order valence-corrected chi connectivity index (χ0v) is 12.6. The minimum absolute atomic E-state index is 0.153. The predicted molar refractivity (Wildman–Crippen MR) is 84.6 cm³/mol. The minimum atomic E-state index is -0.500. The standard InChI is InChI=1S/C15H13N3O3S/c1-2-21-13(19)11-10(9-6-4-3-5-7-9)8-18-12(11)16-14(22)17-15(18)20/h3-8H,2H2,1H3,(H2,16,17,20,22). The number of nitrogens with one attached hydrogen (secondary N) is 2. The van der Waals surface area contributed by atoms with Crippen molar-refractivity contribution in [1.82, 2.24) is 14.4 Å². The van der Waals surface area contributed by atoms with Gasteiger partial charge in [-0.25, -0.2) is 9.59 Å².